The van der Waals surface area contributed by atoms with Crippen LogP contribution in [0.25, 0.3) is 0 Å². The molecule has 2 saturated heterocycles. The summed E-state index contributed by atoms with van der Waals surface area (Å²) in [5, 5.41) is 7.16. The number of likely N-dealkylation sites (tertiary alicyclic amines) is 2. The van der Waals surface area contributed by atoms with Gasteiger partial charge in [0.2, 0.25) is 11.8 Å². The normalized spacial score (nSPS) is 25.2. The average molecular weight is 360 g/mol. The monoisotopic (exact) mass is 360 g/mol. The number of hydrogen-bond acceptors (Lipinski definition) is 5. The Morgan fingerprint density at radius 1 is 1.08 bits per heavy atom. The maximum Gasteiger partial charge on any atom is 0.244 e. The van der Waals surface area contributed by atoms with Gasteiger partial charge in [-0.05, 0) is 45.1 Å². The first-order chi connectivity index (χ1) is 12.7. The molecule has 1 atom stereocenters. The molecule has 1 aromatic rings. The van der Waals surface area contributed by atoms with E-state index >= 15 is 0 Å². The molecule has 142 valence electrons. The number of hydrogen-bond donors (Lipinski definition) is 1. The molecular formula is C18H28N6O2. The van der Waals surface area contributed by atoms with Crippen LogP contribution in [0.3, 0.4) is 0 Å². The second-order valence-electron chi connectivity index (χ2n) is 7.82. The van der Waals surface area contributed by atoms with Crippen molar-refractivity contribution in [2.75, 3.05) is 26.2 Å². The molecule has 26 heavy (non-hydrogen) atoms. The van der Waals surface area contributed by atoms with Crippen LogP contribution in [0.5, 0.6) is 0 Å². The molecular weight excluding hydrogens is 332 g/mol. The maximum absolute atomic E-state index is 12.4. The third-order valence-corrected chi connectivity index (χ3v) is 5.84. The van der Waals surface area contributed by atoms with Gasteiger partial charge in [0.1, 0.15) is 19.2 Å². The van der Waals surface area contributed by atoms with E-state index in [-0.39, 0.29) is 24.3 Å². The van der Waals surface area contributed by atoms with Gasteiger partial charge >= 0.3 is 0 Å². The Balaban J connectivity index is 1.24. The second-order valence-corrected chi connectivity index (χ2v) is 7.82. The summed E-state index contributed by atoms with van der Waals surface area (Å²) in [7, 11) is 0. The Kier molecular flexibility index (Phi) is 5.19. The minimum absolute atomic E-state index is 0.106. The highest BCUT2D eigenvalue weighted by atomic mass is 16.2. The average Bonchev–Trinajstić information content (AvgIpc) is 3.34. The summed E-state index contributed by atoms with van der Waals surface area (Å²) in [6, 6.07) is 0.930. The number of carbonyl (C=O) groups excluding carboxylic acids is 2. The smallest absolute Gasteiger partial charge is 0.244 e. The number of piperidine rings is 2. The predicted molar refractivity (Wildman–Crippen MR) is 95.1 cm³/mol. The Bertz CT molecular complexity index is 622. The van der Waals surface area contributed by atoms with E-state index in [9.17, 15) is 9.59 Å². The Morgan fingerprint density at radius 3 is 2.58 bits per heavy atom. The summed E-state index contributed by atoms with van der Waals surface area (Å²) >= 11 is 0. The SMILES string of the molecule is O=C(NC1CC1)[C@@H]1CCCN(C2CCN(C(=O)Cn3cncn3)CC2)C1. The van der Waals surface area contributed by atoms with Crippen LogP contribution in [0.1, 0.15) is 38.5 Å². The van der Waals surface area contributed by atoms with E-state index in [0.29, 0.717) is 12.1 Å². The molecule has 3 fully saturated rings. The number of amides is 2. The molecule has 1 N–H and O–H groups in total. The highest BCUT2D eigenvalue weighted by Crippen LogP contribution is 2.26. The molecule has 8 heteroatoms. The zero-order valence-corrected chi connectivity index (χ0v) is 15.2. The molecule has 2 amide bonds. The lowest BCUT2D eigenvalue weighted by atomic mass is 9.93. The highest BCUT2D eigenvalue weighted by Gasteiger charge is 2.34. The van der Waals surface area contributed by atoms with Crippen molar-refractivity contribution in [2.24, 2.45) is 5.92 Å². The van der Waals surface area contributed by atoms with Crippen LogP contribution < -0.4 is 5.32 Å². The van der Waals surface area contributed by atoms with Gasteiger partial charge < -0.3 is 10.2 Å². The van der Waals surface area contributed by atoms with Crippen LogP contribution >= 0.6 is 0 Å². The van der Waals surface area contributed by atoms with Crippen molar-refractivity contribution in [3.8, 4) is 0 Å². The van der Waals surface area contributed by atoms with Gasteiger partial charge in [-0.25, -0.2) is 9.67 Å². The number of aromatic nitrogens is 3. The van der Waals surface area contributed by atoms with Gasteiger partial charge in [-0.2, -0.15) is 5.10 Å². The van der Waals surface area contributed by atoms with Crippen LogP contribution in [0, 0.1) is 5.92 Å². The van der Waals surface area contributed by atoms with Crippen LogP contribution in [0.2, 0.25) is 0 Å². The molecule has 3 aliphatic rings. The highest BCUT2D eigenvalue weighted by molar-refractivity contribution is 5.79. The molecule has 0 aromatic carbocycles. The Morgan fingerprint density at radius 2 is 1.88 bits per heavy atom. The minimum atomic E-state index is 0.106. The van der Waals surface area contributed by atoms with E-state index in [2.05, 4.69) is 20.3 Å². The molecule has 0 unspecified atom stereocenters. The molecule has 0 spiro atoms. The zero-order valence-electron chi connectivity index (χ0n) is 15.2. The molecule has 2 aliphatic heterocycles. The first kappa shape index (κ1) is 17.5. The van der Waals surface area contributed by atoms with Crippen molar-refractivity contribution in [3.63, 3.8) is 0 Å². The second kappa shape index (κ2) is 7.73. The van der Waals surface area contributed by atoms with Crippen molar-refractivity contribution in [1.82, 2.24) is 29.9 Å². The Labute approximate surface area is 153 Å². The first-order valence-electron chi connectivity index (χ1n) is 9.83. The van der Waals surface area contributed by atoms with Gasteiger partial charge in [0.15, 0.2) is 0 Å². The minimum Gasteiger partial charge on any atom is -0.353 e. The standard InChI is InChI=1S/C18H28N6O2/c25-17(11-24-13-19-12-20-24)22-8-5-16(6-9-22)23-7-1-2-14(10-23)18(26)21-15-3-4-15/h12-16H,1-11H2,(H,21,26)/t14-/m1/s1. The lowest BCUT2D eigenvalue weighted by molar-refractivity contribution is -0.133. The zero-order chi connectivity index (χ0) is 17.9. The van der Waals surface area contributed by atoms with Gasteiger partial charge in [0.05, 0.1) is 5.92 Å². The molecule has 3 heterocycles. The lowest BCUT2D eigenvalue weighted by Crippen LogP contribution is -2.52. The topological polar surface area (TPSA) is 83.4 Å². The summed E-state index contributed by atoms with van der Waals surface area (Å²) in [5.74, 6) is 0.489. The summed E-state index contributed by atoms with van der Waals surface area (Å²) in [6.45, 7) is 3.78. The number of carbonyl (C=O) groups is 2. The molecule has 1 aromatic heterocycles. The Hall–Kier alpha value is -1.96. The van der Waals surface area contributed by atoms with E-state index in [1.165, 1.54) is 6.33 Å². The van der Waals surface area contributed by atoms with E-state index < -0.39 is 0 Å². The van der Waals surface area contributed by atoms with Gasteiger partial charge in [0, 0.05) is 31.7 Å². The van der Waals surface area contributed by atoms with Gasteiger partial charge in [0.25, 0.3) is 0 Å². The van der Waals surface area contributed by atoms with Gasteiger partial charge in [-0.15, -0.1) is 0 Å². The number of rotatable bonds is 5. The third kappa shape index (κ3) is 4.23. The first-order valence-corrected chi connectivity index (χ1v) is 9.83. The summed E-state index contributed by atoms with van der Waals surface area (Å²) < 4.78 is 1.57. The van der Waals surface area contributed by atoms with Crippen molar-refractivity contribution in [3.05, 3.63) is 12.7 Å². The quantitative estimate of drug-likeness (QED) is 0.814. The summed E-state index contributed by atoms with van der Waals surface area (Å²) in [6.07, 6.45) is 9.38. The number of nitrogens with zero attached hydrogens (tertiary/aromatic N) is 5. The lowest BCUT2D eigenvalue weighted by Gasteiger charge is -2.42. The fraction of sp³-hybridized carbons (Fsp3) is 0.778. The van der Waals surface area contributed by atoms with Crippen molar-refractivity contribution in [2.45, 2.75) is 57.2 Å². The van der Waals surface area contributed by atoms with E-state index in [0.717, 1.165) is 64.7 Å². The molecule has 1 saturated carbocycles. The molecule has 1 aliphatic carbocycles. The summed E-state index contributed by atoms with van der Waals surface area (Å²) in [4.78, 5) is 33.0. The van der Waals surface area contributed by atoms with Crippen LogP contribution in [0.4, 0.5) is 0 Å². The van der Waals surface area contributed by atoms with Crippen molar-refractivity contribution < 1.29 is 9.59 Å². The van der Waals surface area contributed by atoms with Crippen molar-refractivity contribution in [1.29, 1.82) is 0 Å². The molecule has 4 rings (SSSR count). The molecule has 8 nitrogen and oxygen atoms in total. The maximum atomic E-state index is 12.4. The van der Waals surface area contributed by atoms with Gasteiger partial charge in [-0.3, -0.25) is 14.5 Å². The largest absolute Gasteiger partial charge is 0.353 e. The fourth-order valence-corrected chi connectivity index (χ4v) is 4.13. The van der Waals surface area contributed by atoms with Crippen LogP contribution in [-0.2, 0) is 16.1 Å². The predicted octanol–water partition coefficient (Wildman–Crippen LogP) is 0.260. The van der Waals surface area contributed by atoms with E-state index in [1.807, 2.05) is 4.90 Å². The fourth-order valence-electron chi connectivity index (χ4n) is 4.13. The molecule has 0 radical (unpaired) electrons. The van der Waals surface area contributed by atoms with Crippen molar-refractivity contribution >= 4 is 11.8 Å². The van der Waals surface area contributed by atoms with E-state index in [4.69, 9.17) is 0 Å². The third-order valence-electron chi connectivity index (χ3n) is 5.84. The molecule has 0 bridgehead atoms. The van der Waals surface area contributed by atoms with Gasteiger partial charge in [-0.1, -0.05) is 0 Å². The van der Waals surface area contributed by atoms with E-state index in [1.54, 1.807) is 11.0 Å². The van der Waals surface area contributed by atoms with Crippen LogP contribution in [-0.4, -0.2) is 74.6 Å². The van der Waals surface area contributed by atoms with Crippen LogP contribution in [0.15, 0.2) is 12.7 Å². The summed E-state index contributed by atoms with van der Waals surface area (Å²) in [5.41, 5.74) is 0. The number of nitrogens with one attached hydrogen (secondary N) is 1.